The highest BCUT2D eigenvalue weighted by atomic mass is 16.2. The smallest absolute Gasteiger partial charge is 0.253 e. The lowest BCUT2D eigenvalue weighted by atomic mass is 9.99. The van der Waals surface area contributed by atoms with E-state index in [2.05, 4.69) is 15.6 Å². The number of aryl methyl sites for hydroxylation is 2. The van der Waals surface area contributed by atoms with Gasteiger partial charge in [-0.2, -0.15) is 0 Å². The van der Waals surface area contributed by atoms with E-state index in [-0.39, 0.29) is 24.1 Å². The number of aromatic nitrogens is 2. The molecule has 9 heteroatoms. The number of amides is 2. The average Bonchev–Trinajstić information content (AvgIpc) is 2.77. The number of anilines is 1. The van der Waals surface area contributed by atoms with Crippen LogP contribution in [0.1, 0.15) is 65.6 Å². The minimum absolute atomic E-state index is 0.0195. The van der Waals surface area contributed by atoms with Crippen LogP contribution in [0, 0.1) is 19.3 Å². The van der Waals surface area contributed by atoms with E-state index in [9.17, 15) is 14.4 Å². The van der Waals surface area contributed by atoms with Crippen molar-refractivity contribution in [1.82, 2.24) is 20.2 Å². The molecule has 4 N–H and O–H groups in total. The van der Waals surface area contributed by atoms with Crippen LogP contribution in [0.3, 0.4) is 0 Å². The third-order valence-corrected chi connectivity index (χ3v) is 5.78. The summed E-state index contributed by atoms with van der Waals surface area (Å²) < 4.78 is 0. The van der Waals surface area contributed by atoms with Gasteiger partial charge in [-0.25, -0.2) is 4.98 Å². The Morgan fingerprint density at radius 2 is 2.03 bits per heavy atom. The number of nitrogens with one attached hydrogen (secondary N) is 4. The Bertz CT molecular complexity index is 1210. The topological polar surface area (TPSA) is 131 Å². The molecule has 2 aromatic rings. The normalized spacial score (nSPS) is 13.5. The quantitative estimate of drug-likeness (QED) is 0.468. The van der Waals surface area contributed by atoms with Crippen LogP contribution in [0.25, 0.3) is 5.57 Å². The van der Waals surface area contributed by atoms with Gasteiger partial charge in [0.25, 0.3) is 11.5 Å². The Labute approximate surface area is 199 Å². The highest BCUT2D eigenvalue weighted by Gasteiger charge is 2.22. The molecule has 2 aromatic heterocycles. The predicted molar refractivity (Wildman–Crippen MR) is 133 cm³/mol. The van der Waals surface area contributed by atoms with Gasteiger partial charge in [-0.05, 0) is 57.4 Å². The standard InChI is InChI=1S/C25H32N6O3/c1-14(2)28-23-20(12-26)19(11-22(30-23)18-6-8-31(9-7-18)17(5)32)24(33)27-13-21-15(3)10-16(4)29-25(21)34/h6,10-12,14,26H,7-9,13H2,1-5H3,(H,27,33)(H,28,30)(H,29,34). The second-order valence-corrected chi connectivity index (χ2v) is 8.83. The van der Waals surface area contributed by atoms with Gasteiger partial charge in [-0.1, -0.05) is 6.08 Å². The molecule has 1 aliphatic rings. The summed E-state index contributed by atoms with van der Waals surface area (Å²) in [5, 5.41) is 14.0. The molecule has 0 bridgehead atoms. The van der Waals surface area contributed by atoms with Crippen LogP contribution in [0.15, 0.2) is 23.0 Å². The van der Waals surface area contributed by atoms with Gasteiger partial charge in [0.1, 0.15) is 5.82 Å². The fourth-order valence-corrected chi connectivity index (χ4v) is 3.99. The average molecular weight is 465 g/mol. The van der Waals surface area contributed by atoms with E-state index in [0.29, 0.717) is 47.7 Å². The molecule has 0 aromatic carbocycles. The number of carbonyl (C=O) groups is 2. The summed E-state index contributed by atoms with van der Waals surface area (Å²) in [6.07, 6.45) is 3.69. The summed E-state index contributed by atoms with van der Waals surface area (Å²) in [7, 11) is 0. The molecule has 0 fully saturated rings. The Kier molecular flexibility index (Phi) is 7.65. The fourth-order valence-electron chi connectivity index (χ4n) is 3.99. The predicted octanol–water partition coefficient (Wildman–Crippen LogP) is 2.77. The molecule has 0 saturated heterocycles. The van der Waals surface area contributed by atoms with Crippen LogP contribution < -0.4 is 16.2 Å². The number of nitrogens with zero attached hydrogens (tertiary/aromatic N) is 2. The summed E-state index contributed by atoms with van der Waals surface area (Å²) in [5.41, 5.74) is 4.08. The molecule has 9 nitrogen and oxygen atoms in total. The molecule has 2 amide bonds. The maximum Gasteiger partial charge on any atom is 0.253 e. The van der Waals surface area contributed by atoms with Gasteiger partial charge >= 0.3 is 0 Å². The van der Waals surface area contributed by atoms with Crippen molar-refractivity contribution in [2.24, 2.45) is 0 Å². The second kappa shape index (κ2) is 10.5. The van der Waals surface area contributed by atoms with Gasteiger partial charge in [0, 0.05) is 55.6 Å². The molecule has 0 radical (unpaired) electrons. The Morgan fingerprint density at radius 3 is 2.59 bits per heavy atom. The molecule has 3 heterocycles. The summed E-state index contributed by atoms with van der Waals surface area (Å²) >= 11 is 0. The largest absolute Gasteiger partial charge is 0.367 e. The molecule has 3 rings (SSSR count). The van der Waals surface area contributed by atoms with Gasteiger partial charge in [-0.15, -0.1) is 0 Å². The van der Waals surface area contributed by atoms with Crippen molar-refractivity contribution in [1.29, 1.82) is 5.41 Å². The van der Waals surface area contributed by atoms with Crippen molar-refractivity contribution in [3.8, 4) is 0 Å². The maximum atomic E-state index is 13.2. The number of carbonyl (C=O) groups excluding carboxylic acids is 2. The van der Waals surface area contributed by atoms with Crippen molar-refractivity contribution in [2.45, 2.75) is 53.6 Å². The molecule has 1 aliphatic heterocycles. The lowest BCUT2D eigenvalue weighted by Gasteiger charge is -2.26. The van der Waals surface area contributed by atoms with Gasteiger partial charge < -0.3 is 25.9 Å². The van der Waals surface area contributed by atoms with E-state index in [1.54, 1.807) is 17.9 Å². The van der Waals surface area contributed by atoms with Gasteiger partial charge in [-0.3, -0.25) is 14.4 Å². The van der Waals surface area contributed by atoms with E-state index < -0.39 is 5.91 Å². The van der Waals surface area contributed by atoms with Crippen LogP contribution in [-0.2, 0) is 11.3 Å². The van der Waals surface area contributed by atoms with Gasteiger partial charge in [0.05, 0.1) is 11.3 Å². The Morgan fingerprint density at radius 1 is 1.29 bits per heavy atom. The maximum absolute atomic E-state index is 13.2. The SMILES string of the molecule is CC(=O)N1CC=C(c2cc(C(=O)NCc3c(C)cc(C)[nH]c3=O)c(C=N)c(NC(C)C)n2)CC1. The number of hydrogen-bond donors (Lipinski definition) is 4. The van der Waals surface area contributed by atoms with Crippen molar-refractivity contribution < 1.29 is 9.59 Å². The van der Waals surface area contributed by atoms with Crippen molar-refractivity contribution in [3.05, 3.63) is 62.2 Å². The first-order chi connectivity index (χ1) is 16.1. The second-order valence-electron chi connectivity index (χ2n) is 8.83. The number of aromatic amines is 1. The molecule has 0 unspecified atom stereocenters. The number of hydrogen-bond acceptors (Lipinski definition) is 6. The summed E-state index contributed by atoms with van der Waals surface area (Å²) in [6, 6.07) is 3.59. The van der Waals surface area contributed by atoms with Crippen LogP contribution >= 0.6 is 0 Å². The number of H-pyrrole nitrogens is 1. The highest BCUT2D eigenvalue weighted by molar-refractivity contribution is 6.05. The molecule has 0 saturated carbocycles. The first-order valence-electron chi connectivity index (χ1n) is 11.3. The molecule has 0 spiro atoms. The van der Waals surface area contributed by atoms with Gasteiger partial charge in [0.15, 0.2) is 0 Å². The lowest BCUT2D eigenvalue weighted by molar-refractivity contribution is -0.128. The van der Waals surface area contributed by atoms with E-state index in [4.69, 9.17) is 10.4 Å². The number of rotatable bonds is 7. The zero-order chi connectivity index (χ0) is 25.0. The minimum Gasteiger partial charge on any atom is -0.367 e. The zero-order valence-electron chi connectivity index (χ0n) is 20.3. The zero-order valence-corrected chi connectivity index (χ0v) is 20.3. The van der Waals surface area contributed by atoms with Crippen molar-refractivity contribution in [3.63, 3.8) is 0 Å². The Hall–Kier alpha value is -3.75. The minimum atomic E-state index is -0.393. The van der Waals surface area contributed by atoms with Crippen LogP contribution in [-0.4, -0.2) is 52.0 Å². The highest BCUT2D eigenvalue weighted by Crippen LogP contribution is 2.27. The lowest BCUT2D eigenvalue weighted by Crippen LogP contribution is -2.33. The molecular weight excluding hydrogens is 432 g/mol. The van der Waals surface area contributed by atoms with Crippen molar-refractivity contribution in [2.75, 3.05) is 18.4 Å². The molecular formula is C25H32N6O3. The van der Waals surface area contributed by atoms with E-state index in [0.717, 1.165) is 23.0 Å². The van der Waals surface area contributed by atoms with E-state index >= 15 is 0 Å². The third kappa shape index (κ3) is 5.59. The first-order valence-corrected chi connectivity index (χ1v) is 11.3. The van der Waals surface area contributed by atoms with E-state index in [1.807, 2.05) is 39.8 Å². The van der Waals surface area contributed by atoms with Crippen LogP contribution in [0.5, 0.6) is 0 Å². The van der Waals surface area contributed by atoms with Crippen molar-refractivity contribution >= 4 is 29.4 Å². The first kappa shape index (κ1) is 24.9. The molecule has 180 valence electrons. The summed E-state index contributed by atoms with van der Waals surface area (Å²) in [5.74, 6) is 0.0769. The third-order valence-electron chi connectivity index (χ3n) is 5.78. The van der Waals surface area contributed by atoms with E-state index in [1.165, 1.54) is 0 Å². The summed E-state index contributed by atoms with van der Waals surface area (Å²) in [6.45, 7) is 10.2. The molecule has 0 atom stereocenters. The van der Waals surface area contributed by atoms with Crippen LogP contribution in [0.2, 0.25) is 0 Å². The fraction of sp³-hybridized carbons (Fsp3) is 0.400. The number of pyridine rings is 2. The van der Waals surface area contributed by atoms with Gasteiger partial charge in [0.2, 0.25) is 5.91 Å². The molecule has 34 heavy (non-hydrogen) atoms. The summed E-state index contributed by atoms with van der Waals surface area (Å²) in [4.78, 5) is 46.5. The molecule has 0 aliphatic carbocycles. The van der Waals surface area contributed by atoms with Crippen LogP contribution in [0.4, 0.5) is 5.82 Å². The Balaban J connectivity index is 1.97. The monoisotopic (exact) mass is 464 g/mol.